The summed E-state index contributed by atoms with van der Waals surface area (Å²) in [6, 6.07) is 7.63. The van der Waals surface area contributed by atoms with Crippen molar-refractivity contribution in [2.24, 2.45) is 0 Å². The Bertz CT molecular complexity index is 1070. The Balaban J connectivity index is 1.87. The molecule has 0 N–H and O–H groups in total. The summed E-state index contributed by atoms with van der Waals surface area (Å²) >= 11 is 6.31. The summed E-state index contributed by atoms with van der Waals surface area (Å²) in [5.74, 6) is 0.282. The van der Waals surface area contributed by atoms with Gasteiger partial charge in [-0.05, 0) is 31.0 Å². The van der Waals surface area contributed by atoms with Crippen LogP contribution in [0, 0.1) is 13.8 Å². The highest BCUT2D eigenvalue weighted by Crippen LogP contribution is 2.26. The number of methoxy groups -OCH3 is 1. The third-order valence-corrected chi connectivity index (χ3v) is 5.75. The summed E-state index contributed by atoms with van der Waals surface area (Å²) in [4.78, 5) is 19.2. The van der Waals surface area contributed by atoms with Crippen molar-refractivity contribution in [1.82, 2.24) is 14.6 Å². The number of anilines is 1. The van der Waals surface area contributed by atoms with Gasteiger partial charge in [-0.25, -0.2) is 14.3 Å². The fraction of sp³-hybridized carbons (Fsp3) is 0.381. The zero-order valence-electron chi connectivity index (χ0n) is 16.7. The second kappa shape index (κ2) is 8.00. The van der Waals surface area contributed by atoms with Crippen LogP contribution < -0.4 is 4.90 Å². The number of imidazole rings is 1. The second-order valence-electron chi connectivity index (χ2n) is 7.09. The predicted molar refractivity (Wildman–Crippen MR) is 111 cm³/mol. The van der Waals surface area contributed by atoms with Gasteiger partial charge in [0.25, 0.3) is 0 Å². The third-order valence-electron chi connectivity index (χ3n) is 5.34. The number of esters is 1. The molecule has 1 aliphatic heterocycles. The van der Waals surface area contributed by atoms with Crippen molar-refractivity contribution in [2.75, 3.05) is 38.3 Å². The minimum absolute atomic E-state index is 0.404. The summed E-state index contributed by atoms with van der Waals surface area (Å²) in [5.41, 5.74) is 4.77. The monoisotopic (exact) mass is 414 g/mol. The molecule has 7 nitrogen and oxygen atoms in total. The molecule has 0 radical (unpaired) electrons. The summed E-state index contributed by atoms with van der Waals surface area (Å²) in [5, 5.41) is 5.56. The molecule has 0 bridgehead atoms. The number of aryl methyl sites for hydroxylation is 1. The molecule has 3 heterocycles. The lowest BCUT2D eigenvalue weighted by atomic mass is 10.0. The highest BCUT2D eigenvalue weighted by Gasteiger charge is 2.23. The lowest BCUT2D eigenvalue weighted by Crippen LogP contribution is -2.37. The van der Waals surface area contributed by atoms with Gasteiger partial charge in [-0.15, -0.1) is 5.10 Å². The Labute approximate surface area is 174 Å². The fourth-order valence-corrected chi connectivity index (χ4v) is 3.79. The molecule has 0 aliphatic carbocycles. The van der Waals surface area contributed by atoms with E-state index in [4.69, 9.17) is 26.2 Å². The van der Waals surface area contributed by atoms with Gasteiger partial charge in [0.1, 0.15) is 5.56 Å². The lowest BCUT2D eigenvalue weighted by molar-refractivity contribution is 0.0602. The van der Waals surface area contributed by atoms with Gasteiger partial charge in [-0.1, -0.05) is 23.7 Å². The average Bonchev–Trinajstić information content (AvgIpc) is 3.06. The van der Waals surface area contributed by atoms with Crippen LogP contribution in [0.25, 0.3) is 5.65 Å². The highest BCUT2D eigenvalue weighted by atomic mass is 35.5. The summed E-state index contributed by atoms with van der Waals surface area (Å²) in [6.07, 6.45) is 0.611. The number of aromatic nitrogens is 3. The number of morpholine rings is 1. The number of rotatable bonds is 4. The number of halogens is 1. The number of hydrogen-bond acceptors (Lipinski definition) is 6. The molecule has 2 aromatic heterocycles. The van der Waals surface area contributed by atoms with Crippen LogP contribution in [0.4, 0.5) is 5.82 Å². The van der Waals surface area contributed by atoms with Crippen molar-refractivity contribution in [2.45, 2.75) is 20.3 Å². The molecule has 0 spiro atoms. The minimum Gasteiger partial charge on any atom is -0.465 e. The minimum atomic E-state index is -0.428. The van der Waals surface area contributed by atoms with Gasteiger partial charge in [-0.3, -0.25) is 0 Å². The standard InChI is InChI=1S/C21H23ClN4O3/c1-13-15(5-4-6-17(13)22)11-18-14(2)23-20-16(21(27)28-3)12-19(24-26(18)20)25-7-9-29-10-8-25/h4-6,12H,7-11H2,1-3H3. The van der Waals surface area contributed by atoms with E-state index in [-0.39, 0.29) is 0 Å². The Hall–Kier alpha value is -2.64. The fourth-order valence-electron chi connectivity index (χ4n) is 3.59. The molecule has 0 amide bonds. The first kappa shape index (κ1) is 19.7. The van der Waals surface area contributed by atoms with Gasteiger partial charge in [0.05, 0.1) is 31.7 Å². The van der Waals surface area contributed by atoms with Crippen LogP contribution in [0.3, 0.4) is 0 Å². The summed E-state index contributed by atoms with van der Waals surface area (Å²) in [7, 11) is 1.37. The average molecular weight is 415 g/mol. The first-order chi connectivity index (χ1) is 14.0. The maximum atomic E-state index is 12.5. The molecule has 1 saturated heterocycles. The normalized spacial score (nSPS) is 14.4. The zero-order valence-corrected chi connectivity index (χ0v) is 17.5. The number of hydrogen-bond donors (Lipinski definition) is 0. The zero-order chi connectivity index (χ0) is 20.5. The van der Waals surface area contributed by atoms with E-state index in [2.05, 4.69) is 9.88 Å². The van der Waals surface area contributed by atoms with Gasteiger partial charge in [0, 0.05) is 30.6 Å². The smallest absolute Gasteiger partial charge is 0.341 e. The second-order valence-corrected chi connectivity index (χ2v) is 7.49. The van der Waals surface area contributed by atoms with Gasteiger partial charge in [-0.2, -0.15) is 0 Å². The molecule has 3 aromatic rings. The molecular formula is C21H23ClN4O3. The van der Waals surface area contributed by atoms with Crippen LogP contribution in [0.1, 0.15) is 32.9 Å². The molecule has 8 heteroatoms. The number of carbonyl (C=O) groups excluding carboxylic acids is 1. The van der Waals surface area contributed by atoms with Crippen molar-refractivity contribution in [3.63, 3.8) is 0 Å². The first-order valence-electron chi connectivity index (χ1n) is 9.54. The van der Waals surface area contributed by atoms with E-state index >= 15 is 0 Å². The Kier molecular flexibility index (Phi) is 5.43. The summed E-state index contributed by atoms with van der Waals surface area (Å²) in [6.45, 7) is 6.63. The molecule has 4 rings (SSSR count). The largest absolute Gasteiger partial charge is 0.465 e. The van der Waals surface area contributed by atoms with Crippen LogP contribution in [0.15, 0.2) is 24.3 Å². The van der Waals surface area contributed by atoms with E-state index in [0.717, 1.165) is 40.6 Å². The number of nitrogens with zero attached hydrogens (tertiary/aromatic N) is 4. The van der Waals surface area contributed by atoms with Crippen LogP contribution in [0.5, 0.6) is 0 Å². The van der Waals surface area contributed by atoms with Crippen molar-refractivity contribution in [1.29, 1.82) is 0 Å². The molecule has 29 heavy (non-hydrogen) atoms. The van der Waals surface area contributed by atoms with E-state index in [0.29, 0.717) is 36.7 Å². The number of fused-ring (bicyclic) bond motifs is 1. The summed E-state index contributed by atoms with van der Waals surface area (Å²) < 4.78 is 12.2. The van der Waals surface area contributed by atoms with E-state index in [9.17, 15) is 4.79 Å². The van der Waals surface area contributed by atoms with E-state index in [1.54, 1.807) is 10.6 Å². The molecule has 1 fully saturated rings. The van der Waals surface area contributed by atoms with Gasteiger partial charge >= 0.3 is 5.97 Å². The molecule has 1 aliphatic rings. The SMILES string of the molecule is COC(=O)c1cc(N2CCOCC2)nn2c(Cc3cccc(Cl)c3C)c(C)nc12. The van der Waals surface area contributed by atoms with E-state index in [1.807, 2.05) is 32.0 Å². The Morgan fingerprint density at radius 3 is 2.76 bits per heavy atom. The third kappa shape index (κ3) is 3.68. The first-order valence-corrected chi connectivity index (χ1v) is 9.91. The van der Waals surface area contributed by atoms with Crippen LogP contribution in [-0.4, -0.2) is 54.0 Å². The van der Waals surface area contributed by atoms with Crippen LogP contribution in [0.2, 0.25) is 5.02 Å². The van der Waals surface area contributed by atoms with Gasteiger partial charge < -0.3 is 14.4 Å². The van der Waals surface area contributed by atoms with Gasteiger partial charge in [0.15, 0.2) is 11.5 Å². The van der Waals surface area contributed by atoms with Crippen molar-refractivity contribution >= 4 is 29.0 Å². The van der Waals surface area contributed by atoms with Gasteiger partial charge in [0.2, 0.25) is 0 Å². The predicted octanol–water partition coefficient (Wildman–Crippen LogP) is 3.21. The molecule has 152 valence electrons. The molecule has 0 unspecified atom stereocenters. The topological polar surface area (TPSA) is 69.0 Å². The highest BCUT2D eigenvalue weighted by molar-refractivity contribution is 6.31. The molecule has 0 atom stereocenters. The Morgan fingerprint density at radius 2 is 2.03 bits per heavy atom. The quantitative estimate of drug-likeness (QED) is 0.610. The van der Waals surface area contributed by atoms with Crippen LogP contribution >= 0.6 is 11.6 Å². The lowest BCUT2D eigenvalue weighted by Gasteiger charge is -2.28. The van der Waals surface area contributed by atoms with Crippen LogP contribution in [-0.2, 0) is 15.9 Å². The van der Waals surface area contributed by atoms with E-state index < -0.39 is 5.97 Å². The molecule has 0 saturated carbocycles. The number of benzene rings is 1. The Morgan fingerprint density at radius 1 is 1.28 bits per heavy atom. The molecular weight excluding hydrogens is 392 g/mol. The molecule has 1 aromatic carbocycles. The van der Waals surface area contributed by atoms with E-state index in [1.165, 1.54) is 7.11 Å². The van der Waals surface area contributed by atoms with Crippen molar-refractivity contribution in [3.05, 3.63) is 57.4 Å². The van der Waals surface area contributed by atoms with Crippen molar-refractivity contribution in [3.8, 4) is 0 Å². The van der Waals surface area contributed by atoms with Crippen molar-refractivity contribution < 1.29 is 14.3 Å². The number of carbonyl (C=O) groups is 1. The maximum absolute atomic E-state index is 12.5. The maximum Gasteiger partial charge on any atom is 0.341 e. The number of ether oxygens (including phenoxy) is 2.